The van der Waals surface area contributed by atoms with E-state index < -0.39 is 0 Å². The average molecular weight is 291 g/mol. The van der Waals surface area contributed by atoms with E-state index in [1.165, 1.54) is 0 Å². The Morgan fingerprint density at radius 1 is 1.31 bits per heavy atom. The summed E-state index contributed by atoms with van der Waals surface area (Å²) in [7, 11) is 0. The first kappa shape index (κ1) is 12.4. The molecule has 0 radical (unpaired) electrons. The molecule has 72 valence electrons. The number of rotatable bonds is 3. The lowest BCUT2D eigenvalue weighted by atomic mass is 10.3. The van der Waals surface area contributed by atoms with Crippen molar-refractivity contribution in [1.82, 2.24) is 0 Å². The molecule has 0 aliphatic rings. The number of carbonyl (C=O) groups is 1. The van der Waals surface area contributed by atoms with Crippen LogP contribution in [0.25, 0.3) is 0 Å². The van der Waals surface area contributed by atoms with Crippen molar-refractivity contribution in [3.8, 4) is 0 Å². The van der Waals surface area contributed by atoms with Gasteiger partial charge in [-0.1, -0.05) is 25.1 Å². The van der Waals surface area contributed by atoms with Crippen molar-refractivity contribution in [1.29, 1.82) is 0 Å². The fourth-order valence-corrected chi connectivity index (χ4v) is 0.972. The number of carbonyl (C=O) groups excluding carboxylic acids is 1. The summed E-state index contributed by atoms with van der Waals surface area (Å²) in [6.07, 6.45) is 1.48. The normalized spacial score (nSPS) is 8.69. The lowest BCUT2D eigenvalue weighted by Gasteiger charge is -2.02. The Morgan fingerprint density at radius 2 is 1.92 bits per heavy atom. The van der Waals surface area contributed by atoms with E-state index in [4.69, 9.17) is 0 Å². The molecule has 0 aliphatic heterocycles. The molecule has 13 heavy (non-hydrogen) atoms. The summed E-state index contributed by atoms with van der Waals surface area (Å²) in [5, 5.41) is 2.80. The van der Waals surface area contributed by atoms with Crippen LogP contribution in [0.3, 0.4) is 0 Å². The van der Waals surface area contributed by atoms with Crippen LogP contribution in [0.4, 0.5) is 5.69 Å². The Balaban J connectivity index is 0.00000144. The molecule has 0 spiro atoms. The van der Waals surface area contributed by atoms with Crippen molar-refractivity contribution in [3.05, 3.63) is 30.3 Å². The van der Waals surface area contributed by atoms with Gasteiger partial charge >= 0.3 is 0 Å². The zero-order valence-electron chi connectivity index (χ0n) is 7.62. The summed E-state index contributed by atoms with van der Waals surface area (Å²) >= 11 is 0. The zero-order chi connectivity index (χ0) is 8.81. The Labute approximate surface area is 95.7 Å². The maximum absolute atomic E-state index is 11.1. The van der Waals surface area contributed by atoms with E-state index in [0.29, 0.717) is 6.42 Å². The predicted molar refractivity (Wildman–Crippen MR) is 65.4 cm³/mol. The van der Waals surface area contributed by atoms with Crippen LogP contribution in [0.1, 0.15) is 19.8 Å². The third-order valence-electron chi connectivity index (χ3n) is 1.53. The molecule has 0 saturated carbocycles. The maximum atomic E-state index is 11.1. The van der Waals surface area contributed by atoms with Gasteiger partial charge < -0.3 is 5.32 Å². The fourth-order valence-electron chi connectivity index (χ4n) is 0.972. The number of halogens is 1. The van der Waals surface area contributed by atoms with E-state index in [1.807, 2.05) is 37.3 Å². The van der Waals surface area contributed by atoms with E-state index in [1.54, 1.807) is 0 Å². The minimum atomic E-state index is 0. The van der Waals surface area contributed by atoms with Crippen molar-refractivity contribution in [2.75, 3.05) is 5.32 Å². The third-order valence-corrected chi connectivity index (χ3v) is 1.53. The summed E-state index contributed by atoms with van der Waals surface area (Å²) in [5.41, 5.74) is 0.871. The lowest BCUT2D eigenvalue weighted by molar-refractivity contribution is -0.116. The van der Waals surface area contributed by atoms with Crippen molar-refractivity contribution in [2.45, 2.75) is 19.8 Å². The average Bonchev–Trinajstić information content (AvgIpc) is 2.06. The van der Waals surface area contributed by atoms with Gasteiger partial charge in [0.25, 0.3) is 0 Å². The summed E-state index contributed by atoms with van der Waals surface area (Å²) in [6.45, 7) is 1.99. The number of hydrogen-bond acceptors (Lipinski definition) is 1. The largest absolute Gasteiger partial charge is 0.326 e. The molecule has 0 heterocycles. The molecule has 0 unspecified atom stereocenters. The molecule has 0 atom stereocenters. The van der Waals surface area contributed by atoms with Gasteiger partial charge in [0.15, 0.2) is 0 Å². The van der Waals surface area contributed by atoms with Gasteiger partial charge in [-0.15, -0.1) is 24.0 Å². The molecule has 1 aromatic carbocycles. The van der Waals surface area contributed by atoms with Crippen molar-refractivity contribution in [3.63, 3.8) is 0 Å². The van der Waals surface area contributed by atoms with Gasteiger partial charge in [0.2, 0.25) is 5.91 Å². The van der Waals surface area contributed by atoms with Gasteiger partial charge in [-0.05, 0) is 18.6 Å². The first-order valence-corrected chi connectivity index (χ1v) is 4.18. The molecule has 1 rings (SSSR count). The molecule has 1 N–H and O–H groups in total. The molecule has 1 aromatic rings. The summed E-state index contributed by atoms with van der Waals surface area (Å²) in [4.78, 5) is 11.1. The van der Waals surface area contributed by atoms with Gasteiger partial charge in [-0.25, -0.2) is 0 Å². The number of hydrogen-bond donors (Lipinski definition) is 1. The minimum absolute atomic E-state index is 0. The molecule has 0 aromatic heterocycles. The SMILES string of the molecule is CCCC(=O)Nc1ccccc1.I. The van der Waals surface area contributed by atoms with Crippen LogP contribution in [-0.4, -0.2) is 5.91 Å². The van der Waals surface area contributed by atoms with E-state index in [-0.39, 0.29) is 29.9 Å². The number of para-hydroxylation sites is 1. The smallest absolute Gasteiger partial charge is 0.224 e. The van der Waals surface area contributed by atoms with Crippen LogP contribution >= 0.6 is 24.0 Å². The first-order valence-electron chi connectivity index (χ1n) is 4.18. The van der Waals surface area contributed by atoms with E-state index >= 15 is 0 Å². The van der Waals surface area contributed by atoms with Crippen LogP contribution in [0.2, 0.25) is 0 Å². The monoisotopic (exact) mass is 291 g/mol. The quantitative estimate of drug-likeness (QED) is 0.852. The minimum Gasteiger partial charge on any atom is -0.326 e. The van der Waals surface area contributed by atoms with Crippen LogP contribution in [0.5, 0.6) is 0 Å². The number of anilines is 1. The highest BCUT2D eigenvalue weighted by molar-refractivity contribution is 14.0. The van der Waals surface area contributed by atoms with Crippen LogP contribution < -0.4 is 5.32 Å². The molecule has 0 fully saturated rings. The Bertz CT molecular complexity index is 248. The van der Waals surface area contributed by atoms with Crippen molar-refractivity contribution >= 4 is 35.6 Å². The molecule has 1 amide bonds. The second-order valence-electron chi connectivity index (χ2n) is 2.66. The third kappa shape index (κ3) is 4.87. The predicted octanol–water partition coefficient (Wildman–Crippen LogP) is 3.04. The highest BCUT2D eigenvalue weighted by atomic mass is 127. The van der Waals surface area contributed by atoms with Crippen LogP contribution in [0, 0.1) is 0 Å². The van der Waals surface area contributed by atoms with Crippen LogP contribution in [0.15, 0.2) is 30.3 Å². The van der Waals surface area contributed by atoms with Crippen molar-refractivity contribution < 1.29 is 4.79 Å². The van der Waals surface area contributed by atoms with E-state index in [9.17, 15) is 4.79 Å². The molecule has 0 saturated heterocycles. The Kier molecular flexibility index (Phi) is 6.58. The Morgan fingerprint density at radius 3 is 2.46 bits per heavy atom. The van der Waals surface area contributed by atoms with Crippen LogP contribution in [-0.2, 0) is 4.79 Å². The molecule has 2 nitrogen and oxygen atoms in total. The molecule has 3 heteroatoms. The van der Waals surface area contributed by atoms with Gasteiger partial charge in [-0.2, -0.15) is 0 Å². The summed E-state index contributed by atoms with van der Waals surface area (Å²) < 4.78 is 0. The van der Waals surface area contributed by atoms with E-state index in [2.05, 4.69) is 5.32 Å². The van der Waals surface area contributed by atoms with Crippen molar-refractivity contribution in [2.24, 2.45) is 0 Å². The lowest BCUT2D eigenvalue weighted by Crippen LogP contribution is -2.10. The Hall–Kier alpha value is -0.580. The highest BCUT2D eigenvalue weighted by Gasteiger charge is 1.97. The van der Waals surface area contributed by atoms with Gasteiger partial charge in [0, 0.05) is 12.1 Å². The number of benzene rings is 1. The van der Waals surface area contributed by atoms with Gasteiger partial charge in [0.1, 0.15) is 0 Å². The van der Waals surface area contributed by atoms with E-state index in [0.717, 1.165) is 12.1 Å². The van der Waals surface area contributed by atoms with Gasteiger partial charge in [-0.3, -0.25) is 4.79 Å². The standard InChI is InChI=1S/C10H13NO.HI/c1-2-6-10(12)11-9-7-4-3-5-8-9;/h3-5,7-8H,2,6H2,1H3,(H,11,12);1H. The highest BCUT2D eigenvalue weighted by Crippen LogP contribution is 2.05. The first-order chi connectivity index (χ1) is 5.83. The second-order valence-corrected chi connectivity index (χ2v) is 2.66. The van der Waals surface area contributed by atoms with Gasteiger partial charge in [0.05, 0.1) is 0 Å². The summed E-state index contributed by atoms with van der Waals surface area (Å²) in [5.74, 6) is 0.0868. The molecular formula is C10H14INO. The fraction of sp³-hybridized carbons (Fsp3) is 0.300. The second kappa shape index (κ2) is 6.88. The number of nitrogens with one attached hydrogen (secondary N) is 1. The maximum Gasteiger partial charge on any atom is 0.224 e. The topological polar surface area (TPSA) is 29.1 Å². The molecule has 0 bridgehead atoms. The summed E-state index contributed by atoms with van der Waals surface area (Å²) in [6, 6.07) is 9.50. The zero-order valence-corrected chi connectivity index (χ0v) is 9.95. The molecular weight excluding hydrogens is 277 g/mol. The molecule has 0 aliphatic carbocycles. The number of amides is 1.